The van der Waals surface area contributed by atoms with Crippen molar-refractivity contribution in [3.63, 3.8) is 0 Å². The minimum Gasteiger partial charge on any atom is -0.507 e. The highest BCUT2D eigenvalue weighted by atomic mass is 19.1. The van der Waals surface area contributed by atoms with Crippen molar-refractivity contribution in [3.8, 4) is 17.0 Å². The number of alkyl halides is 1. The van der Waals surface area contributed by atoms with Crippen LogP contribution in [0.5, 0.6) is 5.75 Å². The van der Waals surface area contributed by atoms with Gasteiger partial charge in [0.1, 0.15) is 29.2 Å². The molecule has 10 heteroatoms. The van der Waals surface area contributed by atoms with Crippen LogP contribution in [0.2, 0.25) is 0 Å². The molecule has 1 saturated carbocycles. The lowest BCUT2D eigenvalue weighted by Gasteiger charge is -2.43. The molecule has 0 radical (unpaired) electrons. The molecule has 0 bridgehead atoms. The largest absolute Gasteiger partial charge is 0.507 e. The summed E-state index contributed by atoms with van der Waals surface area (Å²) in [5, 5.41) is 10.9. The molecule has 1 fully saturated rings. The van der Waals surface area contributed by atoms with E-state index >= 15 is 0 Å². The number of rotatable bonds is 6. The van der Waals surface area contributed by atoms with E-state index in [0.717, 1.165) is 6.07 Å². The lowest BCUT2D eigenvalue weighted by atomic mass is 9.65. The second-order valence-corrected chi connectivity index (χ2v) is 7.23. The van der Waals surface area contributed by atoms with Crippen molar-refractivity contribution in [2.45, 2.75) is 24.4 Å². The summed E-state index contributed by atoms with van der Waals surface area (Å²) in [7, 11) is 1.33. The van der Waals surface area contributed by atoms with Crippen molar-refractivity contribution in [3.05, 3.63) is 65.4 Å². The molecule has 0 amide bonds. The first-order valence-corrected chi connectivity index (χ1v) is 9.40. The van der Waals surface area contributed by atoms with E-state index in [2.05, 4.69) is 30.3 Å². The van der Waals surface area contributed by atoms with Crippen molar-refractivity contribution in [2.24, 2.45) is 0 Å². The van der Waals surface area contributed by atoms with Crippen molar-refractivity contribution in [1.29, 1.82) is 0 Å². The first-order chi connectivity index (χ1) is 15.0. The predicted molar refractivity (Wildman–Crippen MR) is 107 cm³/mol. The molecule has 2 heterocycles. The first kappa shape index (κ1) is 20.5. The highest BCUT2D eigenvalue weighted by Gasteiger charge is 2.48. The molecule has 1 aromatic carbocycles. The lowest BCUT2D eigenvalue weighted by Crippen LogP contribution is -2.49. The zero-order valence-electron chi connectivity index (χ0n) is 16.4. The SMILES string of the molecule is [C-]#[N+]c1ccc(F)c(-c2cnc(NCC3(c4ncccc4F)CC(F)C3)nn2)c1OC. The number of benzene rings is 1. The van der Waals surface area contributed by atoms with Crippen molar-refractivity contribution in [1.82, 2.24) is 20.2 Å². The van der Waals surface area contributed by atoms with Crippen LogP contribution >= 0.6 is 0 Å². The number of hydrogen-bond donors (Lipinski definition) is 1. The molecular weight excluding hydrogens is 409 g/mol. The molecule has 1 aliphatic rings. The Balaban J connectivity index is 1.56. The summed E-state index contributed by atoms with van der Waals surface area (Å²) in [4.78, 5) is 11.5. The highest BCUT2D eigenvalue weighted by molar-refractivity contribution is 5.76. The molecule has 1 N–H and O–H groups in total. The summed E-state index contributed by atoms with van der Waals surface area (Å²) in [6.45, 7) is 7.35. The van der Waals surface area contributed by atoms with Gasteiger partial charge < -0.3 is 10.1 Å². The van der Waals surface area contributed by atoms with Crippen LogP contribution in [-0.4, -0.2) is 40.0 Å². The number of ether oxygens (including phenoxy) is 1. The molecule has 158 valence electrons. The zero-order chi connectivity index (χ0) is 22.0. The van der Waals surface area contributed by atoms with Crippen LogP contribution in [0.1, 0.15) is 18.5 Å². The van der Waals surface area contributed by atoms with E-state index in [1.165, 1.54) is 37.7 Å². The van der Waals surface area contributed by atoms with Crippen molar-refractivity contribution < 1.29 is 17.9 Å². The normalized spacial score (nSPS) is 19.9. The van der Waals surface area contributed by atoms with Gasteiger partial charge in [-0.05, 0) is 37.1 Å². The van der Waals surface area contributed by atoms with Gasteiger partial charge in [0, 0.05) is 18.2 Å². The number of pyridine rings is 1. The number of nitrogens with one attached hydrogen (secondary N) is 1. The Kier molecular flexibility index (Phi) is 5.42. The topological polar surface area (TPSA) is 77.2 Å². The number of nitrogens with zero attached hydrogens (tertiary/aromatic N) is 5. The van der Waals surface area contributed by atoms with Crippen LogP contribution in [0.3, 0.4) is 0 Å². The Morgan fingerprint density at radius 1 is 1.19 bits per heavy atom. The Labute approximate surface area is 176 Å². The second kappa shape index (κ2) is 8.18. The first-order valence-electron chi connectivity index (χ1n) is 9.40. The average molecular weight is 426 g/mol. The monoisotopic (exact) mass is 426 g/mol. The molecule has 7 nitrogen and oxygen atoms in total. The molecule has 0 aliphatic heterocycles. The van der Waals surface area contributed by atoms with E-state index in [4.69, 9.17) is 11.3 Å². The average Bonchev–Trinajstić information content (AvgIpc) is 2.76. The van der Waals surface area contributed by atoms with E-state index < -0.39 is 23.2 Å². The molecule has 0 unspecified atom stereocenters. The van der Waals surface area contributed by atoms with Gasteiger partial charge in [0.2, 0.25) is 11.6 Å². The van der Waals surface area contributed by atoms with E-state index in [-0.39, 0.29) is 53.7 Å². The maximum atomic E-state index is 14.4. The quantitative estimate of drug-likeness (QED) is 0.594. The van der Waals surface area contributed by atoms with Gasteiger partial charge in [-0.3, -0.25) is 4.98 Å². The van der Waals surface area contributed by atoms with Crippen LogP contribution in [0.4, 0.5) is 24.8 Å². The predicted octanol–water partition coefficient (Wildman–Crippen LogP) is 4.25. The maximum Gasteiger partial charge on any atom is 0.242 e. The van der Waals surface area contributed by atoms with E-state index in [9.17, 15) is 13.2 Å². The fourth-order valence-corrected chi connectivity index (χ4v) is 3.79. The number of methoxy groups -OCH3 is 1. The van der Waals surface area contributed by atoms with Gasteiger partial charge in [-0.2, -0.15) is 0 Å². The van der Waals surface area contributed by atoms with Crippen molar-refractivity contribution >= 4 is 11.6 Å². The van der Waals surface area contributed by atoms with Crippen molar-refractivity contribution in [2.75, 3.05) is 19.0 Å². The van der Waals surface area contributed by atoms with Gasteiger partial charge in [-0.25, -0.2) is 23.0 Å². The van der Waals surface area contributed by atoms with Gasteiger partial charge in [0.05, 0.1) is 31.1 Å². The minimum absolute atomic E-state index is 0.0196. The summed E-state index contributed by atoms with van der Waals surface area (Å²) in [5.74, 6) is -0.968. The fraction of sp³-hybridized carbons (Fsp3) is 0.286. The zero-order valence-corrected chi connectivity index (χ0v) is 16.4. The molecule has 0 spiro atoms. The standard InChI is InChI=1S/C21H17F3N6O/c1-25-15-6-5-13(23)17(18(15)31-2)16-10-27-20(30-29-16)28-11-21(8-12(22)9-21)19-14(24)4-3-7-26-19/h3-7,10,12H,8-9,11H2,2H3,(H,27,28,30). The van der Waals surface area contributed by atoms with Crippen LogP contribution in [0.25, 0.3) is 16.1 Å². The number of aromatic nitrogens is 4. The highest BCUT2D eigenvalue weighted by Crippen LogP contribution is 2.45. The number of halogens is 3. The van der Waals surface area contributed by atoms with Crippen LogP contribution in [-0.2, 0) is 5.41 Å². The van der Waals surface area contributed by atoms with Gasteiger partial charge in [0.25, 0.3) is 0 Å². The van der Waals surface area contributed by atoms with E-state index in [1.807, 2.05) is 0 Å². The van der Waals surface area contributed by atoms with Gasteiger partial charge in [0.15, 0.2) is 0 Å². The second-order valence-electron chi connectivity index (χ2n) is 7.23. The van der Waals surface area contributed by atoms with Gasteiger partial charge in [-0.1, -0.05) is 0 Å². The van der Waals surface area contributed by atoms with Crippen LogP contribution < -0.4 is 10.1 Å². The summed E-state index contributed by atoms with van der Waals surface area (Å²) in [6, 6.07) is 5.23. The summed E-state index contributed by atoms with van der Waals surface area (Å²) in [5.41, 5.74) is -0.416. The third-order valence-electron chi connectivity index (χ3n) is 5.30. The van der Waals surface area contributed by atoms with E-state index in [0.29, 0.717) is 0 Å². The molecular formula is C21H17F3N6O. The third-order valence-corrected chi connectivity index (χ3v) is 5.30. The Morgan fingerprint density at radius 3 is 2.61 bits per heavy atom. The molecule has 0 saturated heterocycles. The molecule has 4 rings (SSSR count). The maximum absolute atomic E-state index is 14.4. The minimum atomic E-state index is -1.03. The summed E-state index contributed by atoms with van der Waals surface area (Å²) < 4.78 is 47.5. The van der Waals surface area contributed by atoms with Crippen LogP contribution in [0, 0.1) is 18.2 Å². The molecule has 1 aliphatic carbocycles. The molecule has 2 aromatic heterocycles. The molecule has 3 aromatic rings. The lowest BCUT2D eigenvalue weighted by molar-refractivity contribution is 0.0963. The molecule has 0 atom stereocenters. The Morgan fingerprint density at radius 2 is 2.00 bits per heavy atom. The van der Waals surface area contributed by atoms with Gasteiger partial charge in [-0.15, -0.1) is 10.2 Å². The Hall–Kier alpha value is -3.74. The smallest absolute Gasteiger partial charge is 0.242 e. The van der Waals surface area contributed by atoms with Gasteiger partial charge >= 0.3 is 0 Å². The summed E-state index contributed by atoms with van der Waals surface area (Å²) >= 11 is 0. The Bertz CT molecular complexity index is 1140. The number of anilines is 1. The summed E-state index contributed by atoms with van der Waals surface area (Å²) in [6.07, 6.45) is 1.99. The molecule has 31 heavy (non-hydrogen) atoms. The third kappa shape index (κ3) is 3.74. The van der Waals surface area contributed by atoms with Crippen LogP contribution in [0.15, 0.2) is 36.7 Å². The fourth-order valence-electron chi connectivity index (χ4n) is 3.79. The number of hydrogen-bond acceptors (Lipinski definition) is 6. The van der Waals surface area contributed by atoms with E-state index in [1.54, 1.807) is 0 Å².